The number of thiazole rings is 1. The molecule has 1 amide bonds. The van der Waals surface area contributed by atoms with E-state index in [0.29, 0.717) is 12.2 Å². The van der Waals surface area contributed by atoms with Gasteiger partial charge in [0.1, 0.15) is 7.05 Å². The maximum Gasteiger partial charge on any atom is 0.268 e. The SMILES string of the molecule is CCCCCCCCCCCCCCOc1c(F)cccc1CC(=O)Nc1cccc(-c2scc[n+]2C)c1. The van der Waals surface area contributed by atoms with Gasteiger partial charge in [0.2, 0.25) is 5.91 Å². The number of rotatable bonds is 18. The monoisotopic (exact) mass is 539 g/mol. The first-order chi connectivity index (χ1) is 18.6. The molecule has 0 bridgehead atoms. The van der Waals surface area contributed by atoms with Crippen LogP contribution in [0.1, 0.15) is 89.5 Å². The predicted octanol–water partition coefficient (Wildman–Crippen LogP) is 8.64. The van der Waals surface area contributed by atoms with Crippen molar-refractivity contribution in [2.75, 3.05) is 11.9 Å². The van der Waals surface area contributed by atoms with Crippen molar-refractivity contribution in [1.29, 1.82) is 0 Å². The molecule has 0 saturated carbocycles. The summed E-state index contributed by atoms with van der Waals surface area (Å²) >= 11 is 1.65. The summed E-state index contributed by atoms with van der Waals surface area (Å²) in [6.45, 7) is 2.72. The Hall–Kier alpha value is -2.73. The molecule has 3 rings (SSSR count). The van der Waals surface area contributed by atoms with Gasteiger partial charge in [-0.05, 0) is 30.7 Å². The summed E-state index contributed by atoms with van der Waals surface area (Å²) in [6, 6.07) is 12.6. The normalized spacial score (nSPS) is 11.0. The lowest BCUT2D eigenvalue weighted by Gasteiger charge is -2.13. The third-order valence-electron chi connectivity index (χ3n) is 6.82. The fourth-order valence-corrected chi connectivity index (χ4v) is 5.55. The van der Waals surface area contributed by atoms with Crippen molar-refractivity contribution < 1.29 is 18.5 Å². The van der Waals surface area contributed by atoms with Crippen LogP contribution in [0.15, 0.2) is 54.0 Å². The number of para-hydroxylation sites is 1. The first-order valence-electron chi connectivity index (χ1n) is 14.3. The molecule has 0 aliphatic rings. The quantitative estimate of drug-likeness (QED) is 0.130. The summed E-state index contributed by atoms with van der Waals surface area (Å²) in [7, 11) is 2.00. The number of amides is 1. The number of carbonyl (C=O) groups is 1. The molecule has 1 heterocycles. The Kier molecular flexibility index (Phi) is 13.3. The van der Waals surface area contributed by atoms with Crippen LogP contribution >= 0.6 is 11.3 Å². The second-order valence-corrected chi connectivity index (χ2v) is 11.0. The summed E-state index contributed by atoms with van der Waals surface area (Å²) in [6.07, 6.45) is 17.3. The van der Waals surface area contributed by atoms with Crippen molar-refractivity contribution in [3.63, 3.8) is 0 Å². The number of benzene rings is 2. The lowest BCUT2D eigenvalue weighted by Crippen LogP contribution is -2.26. The van der Waals surface area contributed by atoms with Crippen LogP contribution in [0, 0.1) is 5.82 Å². The Bertz CT molecular complexity index is 1110. The third-order valence-corrected chi connectivity index (χ3v) is 7.83. The van der Waals surface area contributed by atoms with Gasteiger partial charge in [0, 0.05) is 11.3 Å². The molecule has 0 atom stereocenters. The van der Waals surface area contributed by atoms with E-state index in [9.17, 15) is 9.18 Å². The van der Waals surface area contributed by atoms with Crippen molar-refractivity contribution in [1.82, 2.24) is 0 Å². The molecule has 2 aromatic carbocycles. The molecular weight excluding hydrogens is 495 g/mol. The number of aryl methyl sites for hydroxylation is 1. The number of hydrogen-bond acceptors (Lipinski definition) is 3. The van der Waals surface area contributed by atoms with E-state index < -0.39 is 5.82 Å². The molecule has 4 nitrogen and oxygen atoms in total. The molecule has 0 unspecified atom stereocenters. The Morgan fingerprint density at radius 2 is 1.58 bits per heavy atom. The topological polar surface area (TPSA) is 42.2 Å². The first-order valence-corrected chi connectivity index (χ1v) is 15.2. The number of nitrogens with one attached hydrogen (secondary N) is 1. The van der Waals surface area contributed by atoms with Crippen molar-refractivity contribution >= 4 is 22.9 Å². The van der Waals surface area contributed by atoms with Crippen molar-refractivity contribution in [3.8, 4) is 16.3 Å². The van der Waals surface area contributed by atoms with Gasteiger partial charge in [0.05, 0.1) is 24.0 Å². The van der Waals surface area contributed by atoms with Gasteiger partial charge in [0.25, 0.3) is 5.01 Å². The standard InChI is InChI=1S/C32H43FN2O2S/c1-3-4-5-6-7-8-9-10-11-12-13-14-22-37-31-26(17-16-20-29(31)33)25-30(36)34-28-19-15-18-27(24-28)32-35(2)21-23-38-32/h15-21,23-24H,3-14,22,25H2,1-2H3/p+1. The maximum atomic E-state index is 14.6. The molecule has 206 valence electrons. The fourth-order valence-electron chi connectivity index (χ4n) is 4.69. The second kappa shape index (κ2) is 17.0. The number of carbonyl (C=O) groups excluding carboxylic acids is 1. The minimum absolute atomic E-state index is 0.0581. The van der Waals surface area contributed by atoms with E-state index in [2.05, 4.69) is 16.8 Å². The third kappa shape index (κ3) is 10.2. The number of ether oxygens (including phenoxy) is 1. The molecule has 0 saturated heterocycles. The lowest BCUT2D eigenvalue weighted by atomic mass is 10.1. The van der Waals surface area contributed by atoms with Gasteiger partial charge in [0.15, 0.2) is 17.8 Å². The number of halogens is 1. The molecular formula is C32H44FN2O2S+. The Labute approximate surface area is 232 Å². The minimum Gasteiger partial charge on any atom is -0.490 e. The summed E-state index contributed by atoms with van der Waals surface area (Å²) in [5.74, 6) is -0.412. The largest absolute Gasteiger partial charge is 0.490 e. The minimum atomic E-state index is -0.415. The summed E-state index contributed by atoms with van der Waals surface area (Å²) in [5, 5.41) is 6.10. The molecule has 38 heavy (non-hydrogen) atoms. The van der Waals surface area contributed by atoms with E-state index in [1.165, 1.54) is 70.3 Å². The van der Waals surface area contributed by atoms with Crippen LogP contribution in [0.2, 0.25) is 0 Å². The summed E-state index contributed by atoms with van der Waals surface area (Å²) in [5.41, 5.74) is 2.33. The highest BCUT2D eigenvalue weighted by Crippen LogP contribution is 2.26. The van der Waals surface area contributed by atoms with Gasteiger partial charge in [-0.15, -0.1) is 0 Å². The number of unbranched alkanes of at least 4 members (excludes halogenated alkanes) is 11. The lowest BCUT2D eigenvalue weighted by molar-refractivity contribution is -0.655. The Morgan fingerprint density at radius 3 is 2.24 bits per heavy atom. The average Bonchev–Trinajstić information content (AvgIpc) is 3.34. The highest BCUT2D eigenvalue weighted by molar-refractivity contribution is 7.12. The maximum absolute atomic E-state index is 14.6. The van der Waals surface area contributed by atoms with Crippen LogP contribution in [-0.4, -0.2) is 12.5 Å². The molecule has 0 aliphatic carbocycles. The summed E-state index contributed by atoms with van der Waals surface area (Å²) in [4.78, 5) is 12.8. The van der Waals surface area contributed by atoms with Crippen LogP contribution < -0.4 is 14.6 Å². The first kappa shape index (κ1) is 29.8. The highest BCUT2D eigenvalue weighted by Gasteiger charge is 2.15. The predicted molar refractivity (Wildman–Crippen MR) is 156 cm³/mol. The Balaban J connectivity index is 1.38. The molecule has 0 spiro atoms. The molecule has 1 aromatic heterocycles. The molecule has 0 aliphatic heterocycles. The van der Waals surface area contributed by atoms with E-state index >= 15 is 0 Å². The van der Waals surface area contributed by atoms with Crippen LogP contribution in [0.5, 0.6) is 5.75 Å². The molecule has 0 fully saturated rings. The zero-order valence-corrected chi connectivity index (χ0v) is 24.0. The van der Waals surface area contributed by atoms with Crippen molar-refractivity contribution in [3.05, 3.63) is 65.4 Å². The molecule has 0 radical (unpaired) electrons. The summed E-state index contributed by atoms with van der Waals surface area (Å²) < 4.78 is 22.5. The number of anilines is 1. The van der Waals surface area contributed by atoms with Gasteiger partial charge in [-0.2, -0.15) is 4.57 Å². The van der Waals surface area contributed by atoms with E-state index in [1.54, 1.807) is 23.5 Å². The van der Waals surface area contributed by atoms with Crippen molar-refractivity contribution in [2.45, 2.75) is 90.4 Å². The molecule has 3 aromatic rings. The van der Waals surface area contributed by atoms with Gasteiger partial charge < -0.3 is 10.1 Å². The number of aromatic nitrogens is 1. The molecule has 1 N–H and O–H groups in total. The van der Waals surface area contributed by atoms with E-state index in [4.69, 9.17) is 4.74 Å². The van der Waals surface area contributed by atoms with Crippen LogP contribution in [0.25, 0.3) is 10.6 Å². The smallest absolute Gasteiger partial charge is 0.268 e. The number of nitrogens with zero attached hydrogens (tertiary/aromatic N) is 1. The van der Waals surface area contributed by atoms with E-state index in [-0.39, 0.29) is 18.1 Å². The second-order valence-electron chi connectivity index (χ2n) is 10.1. The zero-order chi connectivity index (χ0) is 27.0. The van der Waals surface area contributed by atoms with Gasteiger partial charge >= 0.3 is 0 Å². The van der Waals surface area contributed by atoms with Gasteiger partial charge in [-0.3, -0.25) is 4.79 Å². The Morgan fingerprint density at radius 1 is 0.921 bits per heavy atom. The van der Waals surface area contributed by atoms with E-state index in [1.807, 2.05) is 42.9 Å². The van der Waals surface area contributed by atoms with Crippen LogP contribution in [0.4, 0.5) is 10.1 Å². The zero-order valence-electron chi connectivity index (χ0n) is 23.1. The van der Waals surface area contributed by atoms with Crippen LogP contribution in [0.3, 0.4) is 0 Å². The average molecular weight is 540 g/mol. The van der Waals surface area contributed by atoms with Crippen molar-refractivity contribution in [2.24, 2.45) is 7.05 Å². The number of hydrogen-bond donors (Lipinski definition) is 1. The van der Waals surface area contributed by atoms with Gasteiger partial charge in [-0.1, -0.05) is 107 Å². The molecule has 6 heteroatoms. The highest BCUT2D eigenvalue weighted by atomic mass is 32.1. The van der Waals surface area contributed by atoms with E-state index in [0.717, 1.165) is 29.1 Å². The van der Waals surface area contributed by atoms with Crippen LogP contribution in [-0.2, 0) is 18.3 Å². The van der Waals surface area contributed by atoms with Gasteiger partial charge in [-0.25, -0.2) is 4.39 Å². The fraction of sp³-hybridized carbons (Fsp3) is 0.500.